The zero-order chi connectivity index (χ0) is 11.5. The van der Waals surface area contributed by atoms with Crippen molar-refractivity contribution >= 4 is 10.8 Å². The highest BCUT2D eigenvalue weighted by molar-refractivity contribution is 5.81. The number of hydrogen-bond donors (Lipinski definition) is 0. The number of benzene rings is 2. The Labute approximate surface area is 102 Å². The van der Waals surface area contributed by atoms with E-state index in [1.54, 1.807) is 0 Å². The molecule has 82 valence electrons. The predicted octanol–water partition coefficient (Wildman–Crippen LogP) is 4.65. The second-order valence-electron chi connectivity index (χ2n) is 4.34. The Morgan fingerprint density at radius 2 is 1.00 bits per heavy atom. The summed E-state index contributed by atoms with van der Waals surface area (Å²) < 4.78 is 0. The van der Waals surface area contributed by atoms with Crippen molar-refractivity contribution in [1.29, 1.82) is 0 Å². The van der Waals surface area contributed by atoms with Gasteiger partial charge in [0.1, 0.15) is 0 Å². The van der Waals surface area contributed by atoms with E-state index in [9.17, 15) is 0 Å². The molecule has 0 unspecified atom stereocenters. The summed E-state index contributed by atoms with van der Waals surface area (Å²) in [5.41, 5.74) is 2.94. The van der Waals surface area contributed by atoms with E-state index < -0.39 is 0 Å². The highest BCUT2D eigenvalue weighted by Crippen LogP contribution is 2.27. The van der Waals surface area contributed by atoms with Crippen molar-refractivity contribution in [3.8, 4) is 0 Å². The van der Waals surface area contributed by atoms with Gasteiger partial charge in [-0.05, 0) is 28.3 Å². The Bertz CT molecular complexity index is 542. The Morgan fingerprint density at radius 1 is 0.588 bits per heavy atom. The maximum absolute atomic E-state index is 2.18. The van der Waals surface area contributed by atoms with Crippen LogP contribution in [0.2, 0.25) is 0 Å². The zero-order valence-corrected chi connectivity index (χ0v) is 9.64. The smallest absolute Gasteiger partial charge is 0.00258 e. The molecular weight excluding hydrogens is 204 g/mol. The topological polar surface area (TPSA) is 0 Å². The predicted molar refractivity (Wildman–Crippen MR) is 73.9 cm³/mol. The van der Waals surface area contributed by atoms with Gasteiger partial charge in [-0.25, -0.2) is 0 Å². The molecule has 2 aliphatic rings. The quantitative estimate of drug-likeness (QED) is 0.603. The van der Waals surface area contributed by atoms with Crippen molar-refractivity contribution in [3.05, 3.63) is 84.0 Å². The van der Waals surface area contributed by atoms with Gasteiger partial charge in [0.25, 0.3) is 0 Å². The van der Waals surface area contributed by atoms with Crippen LogP contribution in [0.4, 0.5) is 0 Å². The van der Waals surface area contributed by atoms with Gasteiger partial charge in [-0.3, -0.25) is 0 Å². The second-order valence-corrected chi connectivity index (χ2v) is 4.34. The van der Waals surface area contributed by atoms with Crippen LogP contribution in [0.3, 0.4) is 0 Å². The van der Waals surface area contributed by atoms with Crippen molar-refractivity contribution in [2.24, 2.45) is 0 Å². The van der Waals surface area contributed by atoms with Crippen LogP contribution in [0.25, 0.3) is 10.8 Å². The lowest BCUT2D eigenvalue weighted by Crippen LogP contribution is -1.67. The molecule has 0 aromatic heterocycles. The van der Waals surface area contributed by atoms with Crippen LogP contribution in [0.5, 0.6) is 0 Å². The highest BCUT2D eigenvalue weighted by Gasteiger charge is 2.07. The summed E-state index contributed by atoms with van der Waals surface area (Å²) in [5, 5.41) is 2.62. The van der Waals surface area contributed by atoms with Crippen LogP contribution >= 0.6 is 0 Å². The van der Waals surface area contributed by atoms with E-state index >= 15 is 0 Å². The zero-order valence-electron chi connectivity index (χ0n) is 9.64. The molecule has 0 amide bonds. The van der Waals surface area contributed by atoms with Gasteiger partial charge in [0, 0.05) is 0 Å². The van der Waals surface area contributed by atoms with Crippen LogP contribution in [0.1, 0.15) is 6.42 Å². The molecule has 4 rings (SSSR count). The van der Waals surface area contributed by atoms with Crippen LogP contribution in [0.15, 0.2) is 84.0 Å². The van der Waals surface area contributed by atoms with Gasteiger partial charge in [0.15, 0.2) is 0 Å². The van der Waals surface area contributed by atoms with E-state index in [1.165, 1.54) is 28.3 Å². The summed E-state index contributed by atoms with van der Waals surface area (Å²) in [5.74, 6) is 0. The molecule has 2 aromatic rings. The SMILES string of the molecule is C1=CC2=CC=C1C2.c1ccc2ccccc2c1. The van der Waals surface area contributed by atoms with E-state index in [0.717, 1.165) is 0 Å². The molecule has 2 aromatic carbocycles. The normalized spacial score (nSPS) is 15.3. The lowest BCUT2D eigenvalue weighted by molar-refractivity contribution is 1.32. The van der Waals surface area contributed by atoms with Gasteiger partial charge in [0.2, 0.25) is 0 Å². The molecule has 17 heavy (non-hydrogen) atoms. The van der Waals surface area contributed by atoms with Gasteiger partial charge in [0.05, 0.1) is 0 Å². The van der Waals surface area contributed by atoms with Crippen molar-refractivity contribution in [1.82, 2.24) is 0 Å². The minimum atomic E-state index is 1.19. The fraction of sp³-hybridized carbons (Fsp3) is 0.0588. The highest BCUT2D eigenvalue weighted by atomic mass is 14.1. The first-order valence-corrected chi connectivity index (χ1v) is 5.93. The molecule has 2 bridgehead atoms. The molecule has 2 aliphatic carbocycles. The summed E-state index contributed by atoms with van der Waals surface area (Å²) in [4.78, 5) is 0. The molecular formula is C17H14. The third-order valence-corrected chi connectivity index (χ3v) is 3.09. The largest absolute Gasteiger partial charge is 0.0616 e. The van der Waals surface area contributed by atoms with Crippen LogP contribution in [-0.4, -0.2) is 0 Å². The Morgan fingerprint density at radius 3 is 1.24 bits per heavy atom. The van der Waals surface area contributed by atoms with E-state index in [2.05, 4.69) is 72.8 Å². The molecule has 0 heterocycles. The summed E-state index contributed by atoms with van der Waals surface area (Å²) >= 11 is 0. The molecule has 0 fully saturated rings. The lowest BCUT2D eigenvalue weighted by atomic mass is 10.1. The number of fused-ring (bicyclic) bond motifs is 3. The monoisotopic (exact) mass is 218 g/mol. The Balaban J connectivity index is 0.000000113. The van der Waals surface area contributed by atoms with Crippen molar-refractivity contribution < 1.29 is 0 Å². The maximum atomic E-state index is 2.18. The van der Waals surface area contributed by atoms with Gasteiger partial charge < -0.3 is 0 Å². The van der Waals surface area contributed by atoms with Gasteiger partial charge in [-0.15, -0.1) is 0 Å². The molecule has 0 nitrogen and oxygen atoms in total. The summed E-state index contributed by atoms with van der Waals surface area (Å²) in [6.07, 6.45) is 9.90. The third kappa shape index (κ3) is 2.21. The van der Waals surface area contributed by atoms with Crippen molar-refractivity contribution in [2.45, 2.75) is 6.42 Å². The van der Waals surface area contributed by atoms with Gasteiger partial charge >= 0.3 is 0 Å². The Hall–Kier alpha value is -2.08. The first-order chi connectivity index (χ1) is 8.42. The second kappa shape index (κ2) is 4.42. The van der Waals surface area contributed by atoms with E-state index in [1.807, 2.05) is 0 Å². The average Bonchev–Trinajstić information content (AvgIpc) is 3.04. The van der Waals surface area contributed by atoms with E-state index in [-0.39, 0.29) is 0 Å². The average molecular weight is 218 g/mol. The lowest BCUT2D eigenvalue weighted by Gasteiger charge is -1.92. The van der Waals surface area contributed by atoms with E-state index in [4.69, 9.17) is 0 Å². The van der Waals surface area contributed by atoms with Crippen LogP contribution in [-0.2, 0) is 0 Å². The molecule has 0 saturated carbocycles. The Kier molecular flexibility index (Phi) is 2.63. The number of rotatable bonds is 0. The molecule has 0 radical (unpaired) electrons. The molecule has 0 spiro atoms. The minimum absolute atomic E-state index is 1.19. The fourth-order valence-electron chi connectivity index (χ4n) is 2.14. The van der Waals surface area contributed by atoms with Gasteiger partial charge in [-0.1, -0.05) is 72.8 Å². The van der Waals surface area contributed by atoms with Crippen molar-refractivity contribution in [3.63, 3.8) is 0 Å². The number of allylic oxidation sites excluding steroid dienone is 6. The van der Waals surface area contributed by atoms with Crippen LogP contribution in [0, 0.1) is 0 Å². The molecule has 0 saturated heterocycles. The standard InChI is InChI=1S/C10H8.C7H6/c1-2-6-10-8-4-3-7-9(10)5-1;1-2-7-4-3-6(1)5-7/h1-8H;1-4H,5H2. The molecule has 0 heteroatoms. The third-order valence-electron chi connectivity index (χ3n) is 3.09. The fourth-order valence-corrected chi connectivity index (χ4v) is 2.14. The molecule has 0 N–H and O–H groups in total. The van der Waals surface area contributed by atoms with Crippen molar-refractivity contribution in [2.75, 3.05) is 0 Å². The van der Waals surface area contributed by atoms with Gasteiger partial charge in [-0.2, -0.15) is 0 Å². The minimum Gasteiger partial charge on any atom is -0.0616 e. The number of hydrogen-bond acceptors (Lipinski definition) is 0. The summed E-state index contributed by atoms with van der Waals surface area (Å²) in [6, 6.07) is 16.7. The first kappa shape index (κ1) is 10.1. The summed E-state index contributed by atoms with van der Waals surface area (Å²) in [6.45, 7) is 0. The van der Waals surface area contributed by atoms with Crippen LogP contribution < -0.4 is 0 Å². The molecule has 0 atom stereocenters. The summed E-state index contributed by atoms with van der Waals surface area (Å²) in [7, 11) is 0. The first-order valence-electron chi connectivity index (χ1n) is 5.93. The molecule has 0 aliphatic heterocycles. The maximum Gasteiger partial charge on any atom is -0.00258 e. The van der Waals surface area contributed by atoms with E-state index in [0.29, 0.717) is 0 Å².